The molecule has 0 spiro atoms. The smallest absolute Gasteiger partial charge is 0.235 e. The van der Waals surface area contributed by atoms with Gasteiger partial charge in [-0.2, -0.15) is 0 Å². The second-order valence-electron chi connectivity index (χ2n) is 7.12. The minimum absolute atomic E-state index is 0.0567. The number of nitrogen functional groups attached to an aromatic ring is 1. The standard InChI is InChI=1S/C22H22N4O/c1-15-13-19(9-12-24-15)26-21(27)22(10-2-11-22)18-6-3-16(4-7-18)17-5-8-20(23)25-14-17/h3-9,12-14H,2,10-11H2,1H3,(H2,23,25)(H,24,26,27). The first-order valence-corrected chi connectivity index (χ1v) is 9.13. The molecule has 1 saturated carbocycles. The van der Waals surface area contributed by atoms with E-state index in [0.717, 1.165) is 47.3 Å². The van der Waals surface area contributed by atoms with E-state index < -0.39 is 5.41 Å². The number of amides is 1. The number of nitrogens with one attached hydrogen (secondary N) is 1. The number of nitrogens with two attached hydrogens (primary N) is 1. The molecule has 1 fully saturated rings. The van der Waals surface area contributed by atoms with Crippen LogP contribution in [0.4, 0.5) is 11.5 Å². The molecule has 3 N–H and O–H groups in total. The summed E-state index contributed by atoms with van der Waals surface area (Å²) in [4.78, 5) is 21.4. The van der Waals surface area contributed by atoms with E-state index in [1.165, 1.54) is 0 Å². The summed E-state index contributed by atoms with van der Waals surface area (Å²) < 4.78 is 0. The lowest BCUT2D eigenvalue weighted by molar-refractivity contribution is -0.124. The van der Waals surface area contributed by atoms with Crippen molar-refractivity contribution < 1.29 is 4.79 Å². The molecule has 136 valence electrons. The van der Waals surface area contributed by atoms with Crippen LogP contribution >= 0.6 is 0 Å². The molecule has 0 unspecified atom stereocenters. The van der Waals surface area contributed by atoms with E-state index in [1.807, 2.05) is 37.3 Å². The van der Waals surface area contributed by atoms with E-state index in [2.05, 4.69) is 27.4 Å². The topological polar surface area (TPSA) is 80.9 Å². The van der Waals surface area contributed by atoms with Crippen LogP contribution in [-0.4, -0.2) is 15.9 Å². The molecule has 1 aromatic carbocycles. The fourth-order valence-electron chi connectivity index (χ4n) is 3.61. The van der Waals surface area contributed by atoms with Crippen LogP contribution in [0, 0.1) is 6.92 Å². The Labute approximate surface area is 158 Å². The number of nitrogens with zero attached hydrogens (tertiary/aromatic N) is 2. The number of benzene rings is 1. The maximum Gasteiger partial charge on any atom is 0.235 e. The second-order valence-corrected chi connectivity index (χ2v) is 7.12. The summed E-state index contributed by atoms with van der Waals surface area (Å²) >= 11 is 0. The normalized spacial score (nSPS) is 15.0. The highest BCUT2D eigenvalue weighted by molar-refractivity contribution is 6.00. The molecule has 0 bridgehead atoms. The van der Waals surface area contributed by atoms with Crippen molar-refractivity contribution in [2.24, 2.45) is 0 Å². The third-order valence-electron chi connectivity index (χ3n) is 5.35. The Morgan fingerprint density at radius 1 is 1.04 bits per heavy atom. The molecule has 2 heterocycles. The summed E-state index contributed by atoms with van der Waals surface area (Å²) in [6, 6.07) is 15.7. The van der Waals surface area contributed by atoms with Crippen molar-refractivity contribution in [2.75, 3.05) is 11.1 Å². The van der Waals surface area contributed by atoms with Crippen LogP contribution in [0.5, 0.6) is 0 Å². The third-order valence-corrected chi connectivity index (χ3v) is 5.35. The fourth-order valence-corrected chi connectivity index (χ4v) is 3.61. The van der Waals surface area contributed by atoms with Crippen molar-refractivity contribution in [1.82, 2.24) is 9.97 Å². The molecular formula is C22H22N4O. The van der Waals surface area contributed by atoms with Crippen molar-refractivity contribution in [1.29, 1.82) is 0 Å². The number of aryl methyl sites for hydroxylation is 1. The van der Waals surface area contributed by atoms with Gasteiger partial charge in [-0.3, -0.25) is 9.78 Å². The van der Waals surface area contributed by atoms with Gasteiger partial charge >= 0.3 is 0 Å². The molecule has 0 saturated heterocycles. The monoisotopic (exact) mass is 358 g/mol. The molecule has 3 aromatic rings. The van der Waals surface area contributed by atoms with Gasteiger partial charge in [0.05, 0.1) is 5.41 Å². The summed E-state index contributed by atoms with van der Waals surface area (Å²) in [6.07, 6.45) is 6.28. The number of aromatic nitrogens is 2. The predicted octanol–water partition coefficient (Wildman–Crippen LogP) is 4.09. The molecule has 0 atom stereocenters. The average molecular weight is 358 g/mol. The van der Waals surface area contributed by atoms with Crippen LogP contribution in [0.1, 0.15) is 30.5 Å². The first-order valence-electron chi connectivity index (χ1n) is 9.13. The van der Waals surface area contributed by atoms with Gasteiger partial charge in [0.15, 0.2) is 0 Å². The number of anilines is 2. The lowest BCUT2D eigenvalue weighted by Crippen LogP contribution is -2.46. The summed E-state index contributed by atoms with van der Waals surface area (Å²) in [5.74, 6) is 0.563. The average Bonchev–Trinajstić information content (AvgIpc) is 2.62. The van der Waals surface area contributed by atoms with Crippen molar-refractivity contribution in [3.8, 4) is 11.1 Å². The summed E-state index contributed by atoms with van der Waals surface area (Å²) in [6.45, 7) is 1.92. The third kappa shape index (κ3) is 3.28. The van der Waals surface area contributed by atoms with Gasteiger partial charge in [-0.05, 0) is 55.2 Å². The molecule has 5 nitrogen and oxygen atoms in total. The van der Waals surface area contributed by atoms with Gasteiger partial charge in [-0.1, -0.05) is 30.7 Å². The van der Waals surface area contributed by atoms with Crippen LogP contribution in [-0.2, 0) is 10.2 Å². The molecule has 1 amide bonds. The van der Waals surface area contributed by atoms with Crippen molar-refractivity contribution in [3.63, 3.8) is 0 Å². The van der Waals surface area contributed by atoms with Gasteiger partial charge in [0.25, 0.3) is 0 Å². The number of carbonyl (C=O) groups is 1. The van der Waals surface area contributed by atoms with Crippen LogP contribution in [0.25, 0.3) is 11.1 Å². The Kier molecular flexibility index (Phi) is 4.36. The van der Waals surface area contributed by atoms with E-state index in [4.69, 9.17) is 5.73 Å². The number of hydrogen-bond acceptors (Lipinski definition) is 4. The van der Waals surface area contributed by atoms with Gasteiger partial charge in [0, 0.05) is 29.3 Å². The zero-order valence-corrected chi connectivity index (χ0v) is 15.3. The number of carbonyl (C=O) groups excluding carboxylic acids is 1. The maximum atomic E-state index is 13.1. The van der Waals surface area contributed by atoms with Crippen molar-refractivity contribution in [3.05, 3.63) is 72.2 Å². The van der Waals surface area contributed by atoms with Gasteiger partial charge in [-0.25, -0.2) is 4.98 Å². The molecule has 1 aliphatic rings. The highest BCUT2D eigenvalue weighted by atomic mass is 16.2. The molecule has 1 aliphatic carbocycles. The molecule has 0 radical (unpaired) electrons. The number of pyridine rings is 2. The Bertz CT molecular complexity index is 960. The highest BCUT2D eigenvalue weighted by Gasteiger charge is 2.45. The molecule has 4 rings (SSSR count). The van der Waals surface area contributed by atoms with Crippen LogP contribution in [0.2, 0.25) is 0 Å². The van der Waals surface area contributed by atoms with Crippen LogP contribution in [0.3, 0.4) is 0 Å². The van der Waals surface area contributed by atoms with E-state index in [-0.39, 0.29) is 5.91 Å². The molecule has 0 aliphatic heterocycles. The Morgan fingerprint density at radius 2 is 1.78 bits per heavy atom. The Morgan fingerprint density at radius 3 is 2.37 bits per heavy atom. The summed E-state index contributed by atoms with van der Waals surface area (Å²) in [7, 11) is 0. The Balaban J connectivity index is 1.58. The second kappa shape index (κ2) is 6.83. The van der Waals surface area contributed by atoms with E-state index in [0.29, 0.717) is 5.82 Å². The lowest BCUT2D eigenvalue weighted by atomic mass is 9.63. The summed E-state index contributed by atoms with van der Waals surface area (Å²) in [5.41, 5.74) is 10.0. The molecule has 2 aromatic heterocycles. The summed E-state index contributed by atoms with van der Waals surface area (Å²) in [5, 5.41) is 3.07. The number of hydrogen-bond donors (Lipinski definition) is 2. The fraction of sp³-hybridized carbons (Fsp3) is 0.227. The first kappa shape index (κ1) is 17.2. The van der Waals surface area contributed by atoms with Crippen molar-refractivity contribution >= 4 is 17.4 Å². The van der Waals surface area contributed by atoms with Gasteiger partial charge < -0.3 is 11.1 Å². The van der Waals surface area contributed by atoms with E-state index in [9.17, 15) is 4.79 Å². The zero-order valence-electron chi connectivity index (χ0n) is 15.3. The Hall–Kier alpha value is -3.21. The van der Waals surface area contributed by atoms with E-state index >= 15 is 0 Å². The minimum Gasteiger partial charge on any atom is -0.384 e. The van der Waals surface area contributed by atoms with Crippen LogP contribution in [0.15, 0.2) is 60.9 Å². The lowest BCUT2D eigenvalue weighted by Gasteiger charge is -2.40. The first-order chi connectivity index (χ1) is 13.1. The van der Waals surface area contributed by atoms with Gasteiger partial charge in [0.2, 0.25) is 5.91 Å². The largest absolute Gasteiger partial charge is 0.384 e. The zero-order chi connectivity index (χ0) is 18.9. The van der Waals surface area contributed by atoms with Gasteiger partial charge in [-0.15, -0.1) is 0 Å². The van der Waals surface area contributed by atoms with Gasteiger partial charge in [0.1, 0.15) is 5.82 Å². The highest BCUT2D eigenvalue weighted by Crippen LogP contribution is 2.45. The predicted molar refractivity (Wildman–Crippen MR) is 107 cm³/mol. The quantitative estimate of drug-likeness (QED) is 0.736. The van der Waals surface area contributed by atoms with Crippen molar-refractivity contribution in [2.45, 2.75) is 31.6 Å². The van der Waals surface area contributed by atoms with Crippen LogP contribution < -0.4 is 11.1 Å². The number of rotatable bonds is 4. The van der Waals surface area contributed by atoms with E-state index in [1.54, 1.807) is 18.5 Å². The maximum absolute atomic E-state index is 13.1. The minimum atomic E-state index is -0.449. The molecular weight excluding hydrogens is 336 g/mol. The molecule has 5 heteroatoms. The molecule has 27 heavy (non-hydrogen) atoms. The SMILES string of the molecule is Cc1cc(NC(=O)C2(c3ccc(-c4ccc(N)nc4)cc3)CCC2)ccn1.